The van der Waals surface area contributed by atoms with Crippen molar-refractivity contribution < 1.29 is 4.79 Å². The number of thioether (sulfide) groups is 1. The predicted octanol–water partition coefficient (Wildman–Crippen LogP) is 3.50. The van der Waals surface area contributed by atoms with Gasteiger partial charge >= 0.3 is 0 Å². The van der Waals surface area contributed by atoms with Gasteiger partial charge in [0.2, 0.25) is 0 Å². The van der Waals surface area contributed by atoms with Gasteiger partial charge in [-0.15, -0.1) is 23.4 Å². The van der Waals surface area contributed by atoms with Crippen LogP contribution in [0.5, 0.6) is 0 Å². The standard InChI is InChI=1S/C14H18ClNOS/c1-10-7-8-16(12(10)9-15)14(17)11-5-3-4-6-13(11)18-2/h3-6,10,12H,7-9H2,1-2H3. The van der Waals surface area contributed by atoms with Gasteiger partial charge in [-0.1, -0.05) is 19.1 Å². The van der Waals surface area contributed by atoms with Gasteiger partial charge in [-0.25, -0.2) is 0 Å². The third-order valence-electron chi connectivity index (χ3n) is 3.64. The van der Waals surface area contributed by atoms with Gasteiger partial charge in [0.05, 0.1) is 5.56 Å². The molecular weight excluding hydrogens is 266 g/mol. The summed E-state index contributed by atoms with van der Waals surface area (Å²) in [5.74, 6) is 1.14. The predicted molar refractivity (Wildman–Crippen MR) is 77.5 cm³/mol. The zero-order chi connectivity index (χ0) is 13.1. The summed E-state index contributed by atoms with van der Waals surface area (Å²) in [6.07, 6.45) is 3.04. The van der Waals surface area contributed by atoms with Crippen molar-refractivity contribution in [2.45, 2.75) is 24.3 Å². The van der Waals surface area contributed by atoms with Crippen LogP contribution in [-0.4, -0.2) is 35.5 Å². The summed E-state index contributed by atoms with van der Waals surface area (Å²) in [5, 5.41) is 0. The molecule has 1 aliphatic rings. The van der Waals surface area contributed by atoms with Crippen molar-refractivity contribution in [3.8, 4) is 0 Å². The van der Waals surface area contributed by atoms with Crippen LogP contribution >= 0.6 is 23.4 Å². The molecule has 4 heteroatoms. The van der Waals surface area contributed by atoms with Crippen LogP contribution in [0.25, 0.3) is 0 Å². The molecule has 2 atom stereocenters. The first kappa shape index (κ1) is 13.8. The quantitative estimate of drug-likeness (QED) is 0.625. The molecule has 1 aromatic carbocycles. The van der Waals surface area contributed by atoms with Gasteiger partial charge in [-0.2, -0.15) is 0 Å². The van der Waals surface area contributed by atoms with Gasteiger partial charge in [0.1, 0.15) is 0 Å². The lowest BCUT2D eigenvalue weighted by Gasteiger charge is -2.25. The molecule has 1 fully saturated rings. The van der Waals surface area contributed by atoms with Gasteiger partial charge in [-0.05, 0) is 30.7 Å². The van der Waals surface area contributed by atoms with Crippen LogP contribution in [0.1, 0.15) is 23.7 Å². The van der Waals surface area contributed by atoms with E-state index >= 15 is 0 Å². The maximum Gasteiger partial charge on any atom is 0.255 e. The Hall–Kier alpha value is -0.670. The molecule has 0 bridgehead atoms. The molecule has 1 amide bonds. The molecule has 2 rings (SSSR count). The normalized spacial score (nSPS) is 23.4. The Morgan fingerprint density at radius 1 is 1.50 bits per heavy atom. The van der Waals surface area contributed by atoms with Crippen LogP contribution in [0, 0.1) is 5.92 Å². The largest absolute Gasteiger partial charge is 0.334 e. The Labute approximate surface area is 118 Å². The van der Waals surface area contributed by atoms with Gasteiger partial charge in [0.15, 0.2) is 0 Å². The van der Waals surface area contributed by atoms with E-state index in [4.69, 9.17) is 11.6 Å². The SMILES string of the molecule is CSc1ccccc1C(=O)N1CCC(C)C1CCl. The minimum atomic E-state index is 0.120. The van der Waals surface area contributed by atoms with E-state index in [0.29, 0.717) is 11.8 Å². The van der Waals surface area contributed by atoms with Crippen molar-refractivity contribution in [3.63, 3.8) is 0 Å². The van der Waals surface area contributed by atoms with Crippen molar-refractivity contribution in [2.75, 3.05) is 18.7 Å². The number of rotatable bonds is 3. The van der Waals surface area contributed by atoms with Gasteiger partial charge in [0.25, 0.3) is 5.91 Å². The number of hydrogen-bond acceptors (Lipinski definition) is 2. The van der Waals surface area contributed by atoms with E-state index in [1.807, 2.05) is 35.4 Å². The van der Waals surface area contributed by atoms with Crippen LogP contribution in [-0.2, 0) is 0 Å². The second-order valence-corrected chi connectivity index (χ2v) is 5.84. The highest BCUT2D eigenvalue weighted by Crippen LogP contribution is 2.29. The van der Waals surface area contributed by atoms with E-state index in [0.717, 1.165) is 23.4 Å². The summed E-state index contributed by atoms with van der Waals surface area (Å²) < 4.78 is 0. The van der Waals surface area contributed by atoms with Crippen LogP contribution < -0.4 is 0 Å². The third kappa shape index (κ3) is 2.52. The molecule has 1 saturated heterocycles. The number of nitrogens with zero attached hydrogens (tertiary/aromatic N) is 1. The second kappa shape index (κ2) is 5.98. The van der Waals surface area contributed by atoms with E-state index in [1.54, 1.807) is 11.8 Å². The van der Waals surface area contributed by atoms with Crippen LogP contribution in [0.2, 0.25) is 0 Å². The number of benzene rings is 1. The number of carbonyl (C=O) groups excluding carboxylic acids is 1. The van der Waals surface area contributed by atoms with Crippen molar-refractivity contribution in [1.82, 2.24) is 4.90 Å². The van der Waals surface area contributed by atoms with Crippen LogP contribution in [0.15, 0.2) is 29.2 Å². The van der Waals surface area contributed by atoms with Gasteiger partial charge in [-0.3, -0.25) is 4.79 Å². The molecule has 0 aromatic heterocycles. The molecule has 98 valence electrons. The Morgan fingerprint density at radius 3 is 2.89 bits per heavy atom. The molecule has 18 heavy (non-hydrogen) atoms. The highest BCUT2D eigenvalue weighted by molar-refractivity contribution is 7.98. The number of carbonyl (C=O) groups is 1. The van der Waals surface area contributed by atoms with E-state index in [-0.39, 0.29) is 11.9 Å². The molecule has 0 radical (unpaired) electrons. The lowest BCUT2D eigenvalue weighted by molar-refractivity contribution is 0.0733. The first-order chi connectivity index (χ1) is 8.69. The van der Waals surface area contributed by atoms with Crippen LogP contribution in [0.3, 0.4) is 0 Å². The molecule has 1 aromatic rings. The fraction of sp³-hybridized carbons (Fsp3) is 0.500. The molecule has 0 N–H and O–H groups in total. The minimum absolute atomic E-state index is 0.120. The fourth-order valence-corrected chi connectivity index (χ4v) is 3.53. The van der Waals surface area contributed by atoms with E-state index < -0.39 is 0 Å². The van der Waals surface area contributed by atoms with E-state index in [9.17, 15) is 4.79 Å². The van der Waals surface area contributed by atoms with Crippen molar-refractivity contribution >= 4 is 29.3 Å². The smallest absolute Gasteiger partial charge is 0.255 e. The first-order valence-electron chi connectivity index (χ1n) is 6.19. The average Bonchev–Trinajstić information content (AvgIpc) is 2.78. The third-order valence-corrected chi connectivity index (χ3v) is 4.75. The Morgan fingerprint density at radius 2 is 2.22 bits per heavy atom. The maximum atomic E-state index is 12.6. The highest BCUT2D eigenvalue weighted by Gasteiger charge is 2.34. The summed E-state index contributed by atoms with van der Waals surface area (Å²) in [6.45, 7) is 2.99. The van der Waals surface area contributed by atoms with Crippen molar-refractivity contribution in [3.05, 3.63) is 29.8 Å². The Balaban J connectivity index is 2.26. The van der Waals surface area contributed by atoms with E-state index in [2.05, 4.69) is 6.92 Å². The topological polar surface area (TPSA) is 20.3 Å². The summed E-state index contributed by atoms with van der Waals surface area (Å²) in [5.41, 5.74) is 0.800. The summed E-state index contributed by atoms with van der Waals surface area (Å²) in [7, 11) is 0. The number of alkyl halides is 1. The Kier molecular flexibility index (Phi) is 4.57. The van der Waals surface area contributed by atoms with E-state index in [1.165, 1.54) is 0 Å². The number of hydrogen-bond donors (Lipinski definition) is 0. The van der Waals surface area contributed by atoms with Gasteiger partial charge in [0, 0.05) is 23.4 Å². The number of likely N-dealkylation sites (tertiary alicyclic amines) is 1. The van der Waals surface area contributed by atoms with Crippen LogP contribution in [0.4, 0.5) is 0 Å². The molecule has 1 aliphatic heterocycles. The van der Waals surface area contributed by atoms with Gasteiger partial charge < -0.3 is 4.90 Å². The molecule has 0 spiro atoms. The number of halogens is 1. The average molecular weight is 284 g/mol. The molecule has 2 unspecified atom stereocenters. The minimum Gasteiger partial charge on any atom is -0.334 e. The fourth-order valence-electron chi connectivity index (χ4n) is 2.47. The first-order valence-corrected chi connectivity index (χ1v) is 7.95. The molecule has 0 aliphatic carbocycles. The van der Waals surface area contributed by atoms with Crippen molar-refractivity contribution in [2.24, 2.45) is 5.92 Å². The molecule has 1 heterocycles. The summed E-state index contributed by atoms with van der Waals surface area (Å²) in [6, 6.07) is 7.96. The molecular formula is C14H18ClNOS. The molecule has 2 nitrogen and oxygen atoms in total. The summed E-state index contributed by atoms with van der Waals surface area (Å²) in [4.78, 5) is 15.6. The lowest BCUT2D eigenvalue weighted by Crippen LogP contribution is -2.38. The maximum absolute atomic E-state index is 12.6. The molecule has 0 saturated carbocycles. The Bertz CT molecular complexity index is 438. The lowest BCUT2D eigenvalue weighted by atomic mass is 10.0. The van der Waals surface area contributed by atoms with Crippen molar-refractivity contribution in [1.29, 1.82) is 0 Å². The second-order valence-electron chi connectivity index (χ2n) is 4.69. The summed E-state index contributed by atoms with van der Waals surface area (Å²) >= 11 is 7.62. The zero-order valence-electron chi connectivity index (χ0n) is 10.7. The zero-order valence-corrected chi connectivity index (χ0v) is 12.3. The monoisotopic (exact) mass is 283 g/mol. The highest BCUT2D eigenvalue weighted by atomic mass is 35.5. The number of amides is 1.